The molecule has 2 heterocycles. The minimum absolute atomic E-state index is 0.0684. The van der Waals surface area contributed by atoms with Crippen LogP contribution < -0.4 is 4.74 Å². The van der Waals surface area contributed by atoms with Crippen LogP contribution in [-0.2, 0) is 9.84 Å². The second-order valence-electron chi connectivity index (χ2n) is 4.13. The Morgan fingerprint density at radius 3 is 2.83 bits per heavy atom. The average Bonchev–Trinajstić information content (AvgIpc) is 2.71. The molecule has 0 radical (unpaired) electrons. The van der Waals surface area contributed by atoms with Crippen LogP contribution in [0.2, 0.25) is 0 Å². The number of sulfone groups is 1. The fourth-order valence-electron chi connectivity index (χ4n) is 2.13. The lowest BCUT2D eigenvalue weighted by atomic mass is 10.2. The van der Waals surface area contributed by atoms with E-state index in [1.54, 1.807) is 0 Å². The van der Waals surface area contributed by atoms with E-state index in [1.807, 2.05) is 0 Å². The number of nitrogens with zero attached hydrogens (tertiary/aromatic N) is 2. The normalized spacial score (nSPS) is 22.6. The average molecular weight is 274 g/mol. The molecule has 1 atom stereocenters. The van der Waals surface area contributed by atoms with Crippen molar-refractivity contribution in [1.82, 2.24) is 9.78 Å². The zero-order chi connectivity index (χ0) is 13.3. The Morgan fingerprint density at radius 2 is 2.28 bits per heavy atom. The molecule has 1 aliphatic heterocycles. The Balaban J connectivity index is 2.51. The predicted molar refractivity (Wildman–Crippen MR) is 62.4 cm³/mol. The largest absolute Gasteiger partial charge is 0.493 e. The molecule has 0 saturated carbocycles. The molecule has 2 rings (SSSR count). The van der Waals surface area contributed by atoms with E-state index in [2.05, 4.69) is 5.10 Å². The summed E-state index contributed by atoms with van der Waals surface area (Å²) in [6.07, 6.45) is 2.96. The molecule has 8 heteroatoms. The summed E-state index contributed by atoms with van der Waals surface area (Å²) in [6.45, 7) is 0. The maximum Gasteiger partial charge on any atom is 0.358 e. The van der Waals surface area contributed by atoms with Gasteiger partial charge in [-0.3, -0.25) is 0 Å². The number of rotatable bonds is 3. The highest BCUT2D eigenvalue weighted by Gasteiger charge is 2.35. The van der Waals surface area contributed by atoms with E-state index in [0.717, 1.165) is 11.1 Å². The molecule has 100 valence electrons. The van der Waals surface area contributed by atoms with Gasteiger partial charge in [0.25, 0.3) is 0 Å². The van der Waals surface area contributed by atoms with E-state index in [1.165, 1.54) is 13.3 Å². The Bertz CT molecular complexity index is 563. The van der Waals surface area contributed by atoms with Gasteiger partial charge in [0.15, 0.2) is 26.7 Å². The monoisotopic (exact) mass is 274 g/mol. The summed E-state index contributed by atoms with van der Waals surface area (Å²) in [5, 5.41) is 12.1. The first-order valence-electron chi connectivity index (χ1n) is 5.53. The quantitative estimate of drug-likeness (QED) is 0.870. The molecule has 1 aromatic heterocycles. The third-order valence-corrected chi connectivity index (χ3v) is 5.12. The Kier molecular flexibility index (Phi) is 3.29. The van der Waals surface area contributed by atoms with Crippen molar-refractivity contribution in [2.75, 3.05) is 12.9 Å². The van der Waals surface area contributed by atoms with Crippen molar-refractivity contribution in [1.29, 1.82) is 0 Å². The van der Waals surface area contributed by atoms with Crippen molar-refractivity contribution in [2.24, 2.45) is 0 Å². The zero-order valence-electron chi connectivity index (χ0n) is 9.87. The fourth-order valence-corrected chi connectivity index (χ4v) is 4.00. The lowest BCUT2D eigenvalue weighted by Gasteiger charge is -2.23. The summed E-state index contributed by atoms with van der Waals surface area (Å²) < 4.78 is 29.9. The summed E-state index contributed by atoms with van der Waals surface area (Å²) >= 11 is 0. The summed E-state index contributed by atoms with van der Waals surface area (Å²) in [6, 6.07) is 0. The van der Waals surface area contributed by atoms with Gasteiger partial charge in [-0.2, -0.15) is 5.10 Å². The molecule has 0 spiro atoms. The number of aromatic nitrogens is 2. The highest BCUT2D eigenvalue weighted by Crippen LogP contribution is 2.31. The van der Waals surface area contributed by atoms with Gasteiger partial charge < -0.3 is 9.84 Å². The molecular weight excluding hydrogens is 260 g/mol. The van der Waals surface area contributed by atoms with E-state index in [0.29, 0.717) is 12.8 Å². The summed E-state index contributed by atoms with van der Waals surface area (Å²) in [7, 11) is -2.02. The molecule has 18 heavy (non-hydrogen) atoms. The van der Waals surface area contributed by atoms with Crippen molar-refractivity contribution in [3.05, 3.63) is 11.9 Å². The zero-order valence-corrected chi connectivity index (χ0v) is 10.7. The summed E-state index contributed by atoms with van der Waals surface area (Å²) in [4.78, 5) is 11.2. The molecule has 0 aromatic carbocycles. The van der Waals surface area contributed by atoms with Crippen LogP contribution in [0.1, 0.15) is 35.1 Å². The molecule has 0 aliphatic carbocycles. The number of hydrogen-bond acceptors (Lipinski definition) is 5. The Hall–Kier alpha value is -1.57. The number of carboxylic acid groups (broad SMARTS) is 1. The van der Waals surface area contributed by atoms with Crippen LogP contribution in [0, 0.1) is 0 Å². The minimum atomic E-state index is -3.35. The third kappa shape index (κ3) is 2.07. The molecular formula is C10H14N2O5S. The van der Waals surface area contributed by atoms with E-state index in [4.69, 9.17) is 9.84 Å². The van der Waals surface area contributed by atoms with Gasteiger partial charge in [-0.1, -0.05) is 0 Å². The number of methoxy groups -OCH3 is 1. The molecule has 1 aliphatic rings. The van der Waals surface area contributed by atoms with Gasteiger partial charge in [0.2, 0.25) is 0 Å². The van der Waals surface area contributed by atoms with E-state index in [-0.39, 0.29) is 17.2 Å². The van der Waals surface area contributed by atoms with Crippen LogP contribution in [0.5, 0.6) is 5.75 Å². The van der Waals surface area contributed by atoms with Crippen LogP contribution in [-0.4, -0.2) is 42.1 Å². The van der Waals surface area contributed by atoms with Gasteiger partial charge in [0.05, 0.1) is 19.1 Å². The number of ether oxygens (including phenoxy) is 1. The van der Waals surface area contributed by atoms with Crippen LogP contribution >= 0.6 is 0 Å². The standard InChI is InChI=1S/C10H14N2O5S/c1-17-7-6-11-12(9(7)10(13)14)8-4-2-3-5-18(8,15)16/h6,8H,2-5H2,1H3,(H,13,14). The first kappa shape index (κ1) is 12.9. The van der Waals surface area contributed by atoms with E-state index < -0.39 is 21.2 Å². The fraction of sp³-hybridized carbons (Fsp3) is 0.600. The maximum absolute atomic E-state index is 12.0. The van der Waals surface area contributed by atoms with Crippen molar-refractivity contribution in [3.8, 4) is 5.75 Å². The van der Waals surface area contributed by atoms with Crippen LogP contribution in [0.15, 0.2) is 6.20 Å². The second kappa shape index (κ2) is 4.60. The van der Waals surface area contributed by atoms with Crippen LogP contribution in [0.3, 0.4) is 0 Å². The Labute approximate surface area is 104 Å². The Morgan fingerprint density at radius 1 is 1.56 bits per heavy atom. The molecule has 0 bridgehead atoms. The topological polar surface area (TPSA) is 98.5 Å². The molecule has 1 fully saturated rings. The van der Waals surface area contributed by atoms with Crippen molar-refractivity contribution in [2.45, 2.75) is 24.6 Å². The highest BCUT2D eigenvalue weighted by atomic mass is 32.2. The van der Waals surface area contributed by atoms with Gasteiger partial charge in [0.1, 0.15) is 0 Å². The smallest absolute Gasteiger partial charge is 0.358 e. The van der Waals surface area contributed by atoms with Gasteiger partial charge in [0, 0.05) is 0 Å². The first-order chi connectivity index (χ1) is 8.47. The van der Waals surface area contributed by atoms with Gasteiger partial charge in [-0.05, 0) is 19.3 Å². The molecule has 1 saturated heterocycles. The second-order valence-corrected chi connectivity index (χ2v) is 6.41. The van der Waals surface area contributed by atoms with Gasteiger partial charge >= 0.3 is 5.97 Å². The predicted octanol–water partition coefficient (Wildman–Crippen LogP) is 0.687. The van der Waals surface area contributed by atoms with E-state index in [9.17, 15) is 13.2 Å². The van der Waals surface area contributed by atoms with Crippen molar-refractivity contribution in [3.63, 3.8) is 0 Å². The van der Waals surface area contributed by atoms with Gasteiger partial charge in [-0.25, -0.2) is 17.9 Å². The molecule has 1 aromatic rings. The first-order valence-corrected chi connectivity index (χ1v) is 7.25. The molecule has 1 N–H and O–H groups in total. The van der Waals surface area contributed by atoms with Crippen LogP contribution in [0.4, 0.5) is 0 Å². The number of hydrogen-bond donors (Lipinski definition) is 1. The number of carboxylic acids is 1. The summed E-state index contributed by atoms with van der Waals surface area (Å²) in [5.74, 6) is -1.10. The lowest BCUT2D eigenvalue weighted by Crippen LogP contribution is -2.29. The van der Waals surface area contributed by atoms with Crippen LogP contribution in [0.25, 0.3) is 0 Å². The maximum atomic E-state index is 12.0. The number of aromatic carboxylic acids is 1. The number of carbonyl (C=O) groups is 1. The minimum Gasteiger partial charge on any atom is -0.493 e. The van der Waals surface area contributed by atoms with Crippen molar-refractivity contribution >= 4 is 15.8 Å². The van der Waals surface area contributed by atoms with Crippen molar-refractivity contribution < 1.29 is 23.1 Å². The SMILES string of the molecule is COc1cnn(C2CCCCS2(=O)=O)c1C(=O)O. The van der Waals surface area contributed by atoms with E-state index >= 15 is 0 Å². The molecule has 0 amide bonds. The molecule has 1 unspecified atom stereocenters. The third-order valence-electron chi connectivity index (χ3n) is 3.00. The summed E-state index contributed by atoms with van der Waals surface area (Å²) in [5.41, 5.74) is -0.215. The van der Waals surface area contributed by atoms with Gasteiger partial charge in [-0.15, -0.1) is 0 Å². The highest BCUT2D eigenvalue weighted by molar-refractivity contribution is 7.91. The lowest BCUT2D eigenvalue weighted by molar-refractivity contribution is 0.0678. The molecule has 7 nitrogen and oxygen atoms in total.